The highest BCUT2D eigenvalue weighted by atomic mass is 19.1. The molecule has 0 unspecified atom stereocenters. The van der Waals surface area contributed by atoms with E-state index in [2.05, 4.69) is 5.32 Å². The maximum Gasteiger partial charge on any atom is 0.251 e. The van der Waals surface area contributed by atoms with Crippen LogP contribution in [0.4, 0.5) is 4.39 Å². The van der Waals surface area contributed by atoms with Crippen molar-refractivity contribution < 1.29 is 24.1 Å². The van der Waals surface area contributed by atoms with Crippen LogP contribution in [-0.2, 0) is 0 Å². The first-order chi connectivity index (χ1) is 11.5. The zero-order valence-electron chi connectivity index (χ0n) is 12.8. The Labute approximate surface area is 138 Å². The molecule has 0 bridgehead atoms. The lowest BCUT2D eigenvalue weighted by Gasteiger charge is -2.18. The molecule has 1 fully saturated rings. The van der Waals surface area contributed by atoms with Gasteiger partial charge < -0.3 is 20.3 Å². The largest absolute Gasteiger partial charge is 0.488 e. The highest BCUT2D eigenvalue weighted by Crippen LogP contribution is 2.26. The van der Waals surface area contributed by atoms with Gasteiger partial charge in [0.1, 0.15) is 29.9 Å². The van der Waals surface area contributed by atoms with Gasteiger partial charge in [-0.1, -0.05) is 24.3 Å². The van der Waals surface area contributed by atoms with Gasteiger partial charge in [0, 0.05) is 12.0 Å². The van der Waals surface area contributed by atoms with Gasteiger partial charge in [0.25, 0.3) is 5.91 Å². The molecule has 0 aliphatic heterocycles. The van der Waals surface area contributed by atoms with Crippen LogP contribution in [0.15, 0.2) is 54.6 Å². The fourth-order valence-corrected chi connectivity index (χ4v) is 2.80. The van der Waals surface area contributed by atoms with Crippen LogP contribution in [0.3, 0.4) is 0 Å². The molecule has 0 aromatic heterocycles. The Morgan fingerprint density at radius 2 is 1.83 bits per heavy atom. The van der Waals surface area contributed by atoms with Gasteiger partial charge >= 0.3 is 0 Å². The maximum atomic E-state index is 13.2. The number of ether oxygens (including phenoxy) is 1. The van der Waals surface area contributed by atoms with Crippen molar-refractivity contribution in [2.24, 2.45) is 0 Å². The van der Waals surface area contributed by atoms with Gasteiger partial charge in [0.2, 0.25) is 0 Å². The number of hydrogen-bond acceptors (Lipinski definition) is 4. The van der Waals surface area contributed by atoms with E-state index >= 15 is 0 Å². The second kappa shape index (κ2) is 6.98. The molecule has 3 rings (SSSR count). The predicted molar refractivity (Wildman–Crippen MR) is 85.1 cm³/mol. The van der Waals surface area contributed by atoms with Crippen molar-refractivity contribution in [2.75, 3.05) is 0 Å². The first-order valence-corrected chi connectivity index (χ1v) is 7.69. The summed E-state index contributed by atoms with van der Waals surface area (Å²) in [5, 5.41) is 22.9. The molecule has 1 aliphatic rings. The fraction of sp³-hybridized carbons (Fsp3) is 0.278. The van der Waals surface area contributed by atoms with Crippen molar-refractivity contribution in [3.8, 4) is 5.75 Å². The SMILES string of the molecule is O=C(N[C@@H]1C[C@@H](Oc2ccccc2)[C@H](O)[C@H]1O)c1cccc(F)c1. The van der Waals surface area contributed by atoms with E-state index in [0.717, 1.165) is 6.07 Å². The molecule has 2 aromatic carbocycles. The van der Waals surface area contributed by atoms with Crippen LogP contribution in [0.2, 0.25) is 0 Å². The highest BCUT2D eigenvalue weighted by molar-refractivity contribution is 5.94. The zero-order valence-corrected chi connectivity index (χ0v) is 12.8. The minimum absolute atomic E-state index is 0.157. The van der Waals surface area contributed by atoms with Crippen LogP contribution in [0.25, 0.3) is 0 Å². The minimum Gasteiger partial charge on any atom is -0.488 e. The minimum atomic E-state index is -1.16. The molecular weight excluding hydrogens is 313 g/mol. The lowest BCUT2D eigenvalue weighted by Crippen LogP contribution is -2.43. The smallest absolute Gasteiger partial charge is 0.251 e. The Kier molecular flexibility index (Phi) is 4.78. The third kappa shape index (κ3) is 3.55. The van der Waals surface area contributed by atoms with Crippen molar-refractivity contribution in [3.05, 3.63) is 66.0 Å². The number of hydrogen-bond donors (Lipinski definition) is 3. The number of nitrogens with one attached hydrogen (secondary N) is 1. The summed E-state index contributed by atoms with van der Waals surface area (Å²) in [6.07, 6.45) is -2.67. The topological polar surface area (TPSA) is 78.8 Å². The maximum absolute atomic E-state index is 13.2. The van der Waals surface area contributed by atoms with Crippen molar-refractivity contribution in [1.82, 2.24) is 5.32 Å². The second-order valence-corrected chi connectivity index (χ2v) is 5.78. The normalized spacial score (nSPS) is 26.1. The Bertz CT molecular complexity index is 709. The van der Waals surface area contributed by atoms with E-state index in [1.54, 1.807) is 24.3 Å². The fourth-order valence-electron chi connectivity index (χ4n) is 2.80. The summed E-state index contributed by atoms with van der Waals surface area (Å²) in [5.41, 5.74) is 0.157. The summed E-state index contributed by atoms with van der Waals surface area (Å²) in [5.74, 6) is -0.447. The number of carbonyl (C=O) groups excluding carboxylic acids is 1. The molecule has 3 N–H and O–H groups in total. The molecule has 126 valence electrons. The van der Waals surface area contributed by atoms with Gasteiger partial charge in [-0.3, -0.25) is 4.79 Å². The van der Waals surface area contributed by atoms with E-state index in [0.29, 0.717) is 5.75 Å². The van der Waals surface area contributed by atoms with E-state index < -0.39 is 36.1 Å². The molecule has 0 saturated heterocycles. The number of amides is 1. The van der Waals surface area contributed by atoms with Crippen LogP contribution in [-0.4, -0.2) is 40.5 Å². The van der Waals surface area contributed by atoms with Gasteiger partial charge in [-0.15, -0.1) is 0 Å². The average molecular weight is 331 g/mol. The average Bonchev–Trinajstić information content (AvgIpc) is 2.84. The predicted octanol–water partition coefficient (Wildman–Crippen LogP) is 1.50. The summed E-state index contributed by atoms with van der Waals surface area (Å²) in [7, 11) is 0. The zero-order chi connectivity index (χ0) is 17.1. The van der Waals surface area contributed by atoms with E-state index in [-0.39, 0.29) is 12.0 Å². The van der Waals surface area contributed by atoms with Gasteiger partial charge in [-0.2, -0.15) is 0 Å². The van der Waals surface area contributed by atoms with Crippen molar-refractivity contribution in [3.63, 3.8) is 0 Å². The van der Waals surface area contributed by atoms with Crippen molar-refractivity contribution in [2.45, 2.75) is 30.8 Å². The summed E-state index contributed by atoms with van der Waals surface area (Å²) >= 11 is 0. The molecule has 5 nitrogen and oxygen atoms in total. The Hall–Kier alpha value is -2.44. The third-order valence-corrected chi connectivity index (χ3v) is 4.06. The molecule has 1 amide bonds. The molecule has 1 aliphatic carbocycles. The molecule has 6 heteroatoms. The van der Waals surface area contributed by atoms with Crippen molar-refractivity contribution in [1.29, 1.82) is 0 Å². The second-order valence-electron chi connectivity index (χ2n) is 5.78. The van der Waals surface area contributed by atoms with Crippen LogP contribution in [0.1, 0.15) is 16.8 Å². The van der Waals surface area contributed by atoms with Crippen LogP contribution in [0, 0.1) is 5.82 Å². The molecule has 24 heavy (non-hydrogen) atoms. The molecular formula is C18H18FNO4. The van der Waals surface area contributed by atoms with Crippen LogP contribution >= 0.6 is 0 Å². The first kappa shape index (κ1) is 16.4. The Morgan fingerprint density at radius 1 is 1.08 bits per heavy atom. The van der Waals surface area contributed by atoms with Gasteiger partial charge in [0.15, 0.2) is 0 Å². The molecule has 1 saturated carbocycles. The Balaban J connectivity index is 1.65. The molecule has 0 heterocycles. The van der Waals surface area contributed by atoms with E-state index in [1.165, 1.54) is 18.2 Å². The summed E-state index contributed by atoms with van der Waals surface area (Å²) in [6, 6.07) is 13.5. The summed E-state index contributed by atoms with van der Waals surface area (Å²) in [6.45, 7) is 0. The van der Waals surface area contributed by atoms with E-state index in [4.69, 9.17) is 4.74 Å². The number of benzene rings is 2. The van der Waals surface area contributed by atoms with E-state index in [9.17, 15) is 19.4 Å². The summed E-state index contributed by atoms with van der Waals surface area (Å²) < 4.78 is 18.9. The number of aliphatic hydroxyl groups is 2. The molecule has 2 aromatic rings. The van der Waals surface area contributed by atoms with Gasteiger partial charge in [-0.05, 0) is 30.3 Å². The standard InChI is InChI=1S/C18H18FNO4/c19-12-6-4-5-11(9-12)18(23)20-14-10-15(17(22)16(14)21)24-13-7-2-1-3-8-13/h1-9,14-17,21-22H,10H2,(H,20,23)/t14-,15-,16+,17+/m1/s1. The van der Waals surface area contributed by atoms with Gasteiger partial charge in [0.05, 0.1) is 6.04 Å². The molecule has 0 spiro atoms. The molecule has 0 radical (unpaired) electrons. The number of carbonyl (C=O) groups is 1. The molecule has 4 atom stereocenters. The number of aliphatic hydroxyl groups excluding tert-OH is 2. The highest BCUT2D eigenvalue weighted by Gasteiger charge is 2.43. The third-order valence-electron chi connectivity index (χ3n) is 4.06. The number of para-hydroxylation sites is 1. The lowest BCUT2D eigenvalue weighted by molar-refractivity contribution is -0.0135. The monoisotopic (exact) mass is 331 g/mol. The lowest BCUT2D eigenvalue weighted by atomic mass is 10.1. The van der Waals surface area contributed by atoms with Crippen LogP contribution < -0.4 is 10.1 Å². The van der Waals surface area contributed by atoms with E-state index in [1.807, 2.05) is 6.07 Å². The Morgan fingerprint density at radius 3 is 2.54 bits per heavy atom. The number of rotatable bonds is 4. The van der Waals surface area contributed by atoms with Gasteiger partial charge in [-0.25, -0.2) is 4.39 Å². The van der Waals surface area contributed by atoms with Crippen molar-refractivity contribution >= 4 is 5.91 Å². The van der Waals surface area contributed by atoms with Crippen LogP contribution in [0.5, 0.6) is 5.75 Å². The first-order valence-electron chi connectivity index (χ1n) is 7.69. The number of halogens is 1. The quantitative estimate of drug-likeness (QED) is 0.793. The summed E-state index contributed by atoms with van der Waals surface area (Å²) in [4.78, 5) is 12.2.